The van der Waals surface area contributed by atoms with Crippen LogP contribution in [0.3, 0.4) is 0 Å². The molecule has 1 fully saturated rings. The molecule has 0 radical (unpaired) electrons. The quantitative estimate of drug-likeness (QED) is 0.897. The van der Waals surface area contributed by atoms with E-state index in [1.54, 1.807) is 4.90 Å². The fraction of sp³-hybridized carbons (Fsp3) is 0.500. The Labute approximate surface area is 122 Å². The molecule has 0 aliphatic carbocycles. The third-order valence-electron chi connectivity index (χ3n) is 3.66. The SMILES string of the molecule is C[C@H](NC1CCN(C(N)=O)CC1)c1ccc(Br)cc1. The van der Waals surface area contributed by atoms with E-state index in [0.717, 1.165) is 30.4 Å². The van der Waals surface area contributed by atoms with Gasteiger partial charge in [-0.1, -0.05) is 28.1 Å². The summed E-state index contributed by atoms with van der Waals surface area (Å²) in [5.41, 5.74) is 6.56. The number of amides is 2. The van der Waals surface area contributed by atoms with Crippen molar-refractivity contribution in [2.45, 2.75) is 31.8 Å². The van der Waals surface area contributed by atoms with Crippen LogP contribution in [0.1, 0.15) is 31.4 Å². The summed E-state index contributed by atoms with van der Waals surface area (Å²) < 4.78 is 1.10. The number of hydrogen-bond acceptors (Lipinski definition) is 2. The summed E-state index contributed by atoms with van der Waals surface area (Å²) in [6.45, 7) is 3.67. The molecule has 0 spiro atoms. The second-order valence-electron chi connectivity index (χ2n) is 5.04. The van der Waals surface area contributed by atoms with Crippen LogP contribution in [-0.2, 0) is 0 Å². The van der Waals surface area contributed by atoms with Crippen LogP contribution in [-0.4, -0.2) is 30.1 Å². The molecular formula is C14H20BrN3O. The lowest BCUT2D eigenvalue weighted by molar-refractivity contribution is 0.183. The number of piperidine rings is 1. The molecule has 19 heavy (non-hydrogen) atoms. The van der Waals surface area contributed by atoms with Gasteiger partial charge in [0.1, 0.15) is 0 Å². The summed E-state index contributed by atoms with van der Waals surface area (Å²) in [6.07, 6.45) is 1.92. The van der Waals surface area contributed by atoms with Gasteiger partial charge in [0.15, 0.2) is 0 Å². The highest BCUT2D eigenvalue weighted by molar-refractivity contribution is 9.10. The maximum atomic E-state index is 11.1. The van der Waals surface area contributed by atoms with Crippen molar-refractivity contribution in [1.29, 1.82) is 0 Å². The minimum atomic E-state index is -0.306. The molecule has 5 heteroatoms. The zero-order valence-electron chi connectivity index (χ0n) is 11.1. The van der Waals surface area contributed by atoms with E-state index in [1.807, 2.05) is 0 Å². The lowest BCUT2D eigenvalue weighted by Gasteiger charge is -2.33. The lowest BCUT2D eigenvalue weighted by atomic mass is 10.0. The Balaban J connectivity index is 1.85. The van der Waals surface area contributed by atoms with Crippen LogP contribution in [0.25, 0.3) is 0 Å². The highest BCUT2D eigenvalue weighted by Crippen LogP contribution is 2.19. The van der Waals surface area contributed by atoms with Gasteiger partial charge in [0.05, 0.1) is 0 Å². The molecule has 104 valence electrons. The van der Waals surface area contributed by atoms with E-state index in [-0.39, 0.29) is 6.03 Å². The molecule has 0 saturated carbocycles. The van der Waals surface area contributed by atoms with Crippen molar-refractivity contribution in [1.82, 2.24) is 10.2 Å². The maximum Gasteiger partial charge on any atom is 0.314 e. The number of nitrogens with two attached hydrogens (primary N) is 1. The first-order valence-corrected chi connectivity index (χ1v) is 7.41. The van der Waals surface area contributed by atoms with Crippen LogP contribution in [0, 0.1) is 0 Å². The topological polar surface area (TPSA) is 58.4 Å². The Morgan fingerprint density at radius 2 is 1.95 bits per heavy atom. The number of likely N-dealkylation sites (tertiary alicyclic amines) is 1. The van der Waals surface area contributed by atoms with Crippen LogP contribution in [0.15, 0.2) is 28.7 Å². The van der Waals surface area contributed by atoms with Gasteiger partial charge in [0.2, 0.25) is 0 Å². The van der Waals surface area contributed by atoms with Gasteiger partial charge in [-0.3, -0.25) is 0 Å². The Kier molecular flexibility index (Phi) is 4.82. The van der Waals surface area contributed by atoms with Gasteiger partial charge in [0.25, 0.3) is 0 Å². The predicted octanol–water partition coefficient (Wildman–Crippen LogP) is 2.64. The normalized spacial score (nSPS) is 18.3. The number of nitrogens with zero attached hydrogens (tertiary/aromatic N) is 1. The molecule has 0 aromatic heterocycles. The van der Waals surface area contributed by atoms with E-state index < -0.39 is 0 Å². The van der Waals surface area contributed by atoms with Crippen molar-refractivity contribution in [2.75, 3.05) is 13.1 Å². The van der Waals surface area contributed by atoms with Crippen molar-refractivity contribution in [3.05, 3.63) is 34.3 Å². The van der Waals surface area contributed by atoms with Gasteiger partial charge in [-0.15, -0.1) is 0 Å². The van der Waals surface area contributed by atoms with Crippen molar-refractivity contribution in [3.8, 4) is 0 Å². The summed E-state index contributed by atoms with van der Waals surface area (Å²) in [6, 6.07) is 8.83. The zero-order chi connectivity index (χ0) is 13.8. The van der Waals surface area contributed by atoms with E-state index in [4.69, 9.17) is 5.73 Å². The molecule has 1 aromatic rings. The molecule has 1 heterocycles. The summed E-state index contributed by atoms with van der Waals surface area (Å²) >= 11 is 3.44. The van der Waals surface area contributed by atoms with Crippen molar-refractivity contribution in [3.63, 3.8) is 0 Å². The molecule has 1 aliphatic rings. The number of benzene rings is 1. The average molecular weight is 326 g/mol. The largest absolute Gasteiger partial charge is 0.351 e. The Hall–Kier alpha value is -1.07. The number of hydrogen-bond donors (Lipinski definition) is 2. The third-order valence-corrected chi connectivity index (χ3v) is 4.19. The van der Waals surface area contributed by atoms with Gasteiger partial charge in [0, 0.05) is 29.6 Å². The second kappa shape index (κ2) is 6.39. The van der Waals surface area contributed by atoms with Gasteiger partial charge >= 0.3 is 6.03 Å². The highest BCUT2D eigenvalue weighted by Gasteiger charge is 2.22. The van der Waals surface area contributed by atoms with E-state index in [1.165, 1.54) is 5.56 Å². The Bertz CT molecular complexity index is 427. The molecule has 1 aliphatic heterocycles. The summed E-state index contributed by atoms with van der Waals surface area (Å²) in [5, 5.41) is 3.62. The van der Waals surface area contributed by atoms with E-state index >= 15 is 0 Å². The molecular weight excluding hydrogens is 306 g/mol. The minimum Gasteiger partial charge on any atom is -0.351 e. The standard InChI is InChI=1S/C14H20BrN3O/c1-10(11-2-4-12(15)5-3-11)17-13-6-8-18(9-7-13)14(16)19/h2-5,10,13,17H,6-9H2,1H3,(H2,16,19)/t10-/m0/s1. The first kappa shape index (κ1) is 14.3. The number of carbonyl (C=O) groups excluding carboxylic acids is 1. The number of rotatable bonds is 3. The molecule has 0 bridgehead atoms. The summed E-state index contributed by atoms with van der Waals surface area (Å²) in [5.74, 6) is 0. The number of urea groups is 1. The summed E-state index contributed by atoms with van der Waals surface area (Å²) in [7, 11) is 0. The maximum absolute atomic E-state index is 11.1. The molecule has 1 aromatic carbocycles. The Morgan fingerprint density at radius 1 is 1.37 bits per heavy atom. The first-order chi connectivity index (χ1) is 9.06. The van der Waals surface area contributed by atoms with Gasteiger partial charge in [-0.05, 0) is 37.5 Å². The highest BCUT2D eigenvalue weighted by atomic mass is 79.9. The monoisotopic (exact) mass is 325 g/mol. The fourth-order valence-corrected chi connectivity index (χ4v) is 2.73. The van der Waals surface area contributed by atoms with Crippen molar-refractivity contribution < 1.29 is 4.79 Å². The first-order valence-electron chi connectivity index (χ1n) is 6.62. The van der Waals surface area contributed by atoms with Gasteiger partial charge < -0.3 is 16.0 Å². The van der Waals surface area contributed by atoms with Crippen LogP contribution < -0.4 is 11.1 Å². The van der Waals surface area contributed by atoms with E-state index in [9.17, 15) is 4.79 Å². The Morgan fingerprint density at radius 3 is 2.47 bits per heavy atom. The van der Waals surface area contributed by atoms with Crippen LogP contribution >= 0.6 is 15.9 Å². The zero-order valence-corrected chi connectivity index (χ0v) is 12.7. The van der Waals surface area contributed by atoms with Crippen LogP contribution in [0.5, 0.6) is 0 Å². The molecule has 2 rings (SSSR count). The molecule has 1 atom stereocenters. The van der Waals surface area contributed by atoms with Gasteiger partial charge in [-0.25, -0.2) is 4.79 Å². The lowest BCUT2D eigenvalue weighted by Crippen LogP contribution is -2.47. The number of primary amides is 1. The van der Waals surface area contributed by atoms with Crippen molar-refractivity contribution in [2.24, 2.45) is 5.73 Å². The number of halogens is 1. The van der Waals surface area contributed by atoms with Gasteiger partial charge in [-0.2, -0.15) is 0 Å². The molecule has 0 unspecified atom stereocenters. The summed E-state index contributed by atoms with van der Waals surface area (Å²) in [4.78, 5) is 12.8. The molecule has 2 amide bonds. The second-order valence-corrected chi connectivity index (χ2v) is 5.96. The van der Waals surface area contributed by atoms with E-state index in [2.05, 4.69) is 52.4 Å². The molecule has 3 N–H and O–H groups in total. The van der Waals surface area contributed by atoms with Crippen LogP contribution in [0.2, 0.25) is 0 Å². The minimum absolute atomic E-state index is 0.306. The fourth-order valence-electron chi connectivity index (χ4n) is 2.47. The number of carbonyl (C=O) groups is 1. The van der Waals surface area contributed by atoms with Crippen molar-refractivity contribution >= 4 is 22.0 Å². The number of nitrogens with one attached hydrogen (secondary N) is 1. The predicted molar refractivity (Wildman–Crippen MR) is 79.9 cm³/mol. The third kappa shape index (κ3) is 3.94. The van der Waals surface area contributed by atoms with Crippen LogP contribution in [0.4, 0.5) is 4.79 Å². The average Bonchev–Trinajstić information content (AvgIpc) is 2.40. The smallest absolute Gasteiger partial charge is 0.314 e. The van der Waals surface area contributed by atoms with E-state index in [0.29, 0.717) is 12.1 Å². The molecule has 1 saturated heterocycles. The molecule has 4 nitrogen and oxygen atoms in total.